The molecule has 0 aliphatic carbocycles. The Morgan fingerprint density at radius 3 is 2.47 bits per heavy atom. The van der Waals surface area contributed by atoms with Gasteiger partial charge in [0, 0.05) is 13.1 Å². The molecule has 1 aliphatic rings. The lowest BCUT2D eigenvalue weighted by Crippen LogP contribution is -2.34. The van der Waals surface area contributed by atoms with E-state index in [0.29, 0.717) is 5.69 Å². The van der Waals surface area contributed by atoms with E-state index in [0.717, 1.165) is 25.9 Å². The van der Waals surface area contributed by atoms with Gasteiger partial charge in [0.15, 0.2) is 0 Å². The van der Waals surface area contributed by atoms with Gasteiger partial charge in [-0.25, -0.2) is 18.6 Å². The van der Waals surface area contributed by atoms with Crippen molar-refractivity contribution in [3.8, 4) is 0 Å². The zero-order chi connectivity index (χ0) is 13.9. The number of anilines is 1. The molecule has 1 fully saturated rings. The fourth-order valence-corrected chi connectivity index (χ4v) is 2.57. The Morgan fingerprint density at radius 2 is 1.89 bits per heavy atom. The van der Waals surface area contributed by atoms with Crippen LogP contribution in [0.2, 0.25) is 0 Å². The minimum atomic E-state index is -3.83. The molecule has 0 amide bonds. The molecule has 0 saturated carbocycles. The smallest absolute Gasteiger partial charge is 0.238 e. The molecule has 7 nitrogen and oxygen atoms in total. The molecule has 1 aromatic carbocycles. The number of nitrogens with zero attached hydrogens (tertiary/aromatic N) is 2. The van der Waals surface area contributed by atoms with Crippen molar-refractivity contribution in [3.05, 3.63) is 23.1 Å². The van der Waals surface area contributed by atoms with Gasteiger partial charge in [0.25, 0.3) is 0 Å². The first-order valence-corrected chi connectivity index (χ1v) is 7.57. The number of rotatable bonds is 4. The van der Waals surface area contributed by atoms with Crippen molar-refractivity contribution in [1.29, 1.82) is 0 Å². The number of nitrogens with one attached hydrogen (secondary N) is 1. The summed E-state index contributed by atoms with van der Waals surface area (Å²) in [5.74, 6) is 0. The summed E-state index contributed by atoms with van der Waals surface area (Å²) in [5.41, 5.74) is 3.61. The van der Waals surface area contributed by atoms with Crippen molar-refractivity contribution in [3.63, 3.8) is 0 Å². The summed E-state index contributed by atoms with van der Waals surface area (Å²) < 4.78 is 22.4. The highest BCUT2D eigenvalue weighted by molar-refractivity contribution is 7.89. The van der Waals surface area contributed by atoms with Crippen LogP contribution in [-0.2, 0) is 10.0 Å². The van der Waals surface area contributed by atoms with Crippen molar-refractivity contribution in [1.82, 2.24) is 5.01 Å². The van der Waals surface area contributed by atoms with Gasteiger partial charge in [-0.15, -0.1) is 4.91 Å². The second-order valence-corrected chi connectivity index (χ2v) is 6.04. The first kappa shape index (κ1) is 13.9. The number of piperidine rings is 1. The molecule has 3 N–H and O–H groups in total. The molecule has 2 rings (SSSR count). The third-order valence-electron chi connectivity index (χ3n) is 3.03. The van der Waals surface area contributed by atoms with Crippen LogP contribution in [0.5, 0.6) is 0 Å². The van der Waals surface area contributed by atoms with E-state index in [9.17, 15) is 13.3 Å². The Kier molecular flexibility index (Phi) is 4.13. The molecular formula is C11H16N4O3S. The lowest BCUT2D eigenvalue weighted by Gasteiger charge is -2.28. The van der Waals surface area contributed by atoms with Gasteiger partial charge in [-0.3, -0.25) is 0 Å². The first-order valence-electron chi connectivity index (χ1n) is 6.02. The number of hydrazine groups is 1. The summed E-state index contributed by atoms with van der Waals surface area (Å²) in [7, 11) is -3.83. The number of benzene rings is 1. The first-order chi connectivity index (χ1) is 9.00. The summed E-state index contributed by atoms with van der Waals surface area (Å²) in [6, 6.07) is 4.04. The van der Waals surface area contributed by atoms with E-state index in [1.807, 2.05) is 5.01 Å². The highest BCUT2D eigenvalue weighted by atomic mass is 32.2. The lowest BCUT2D eigenvalue weighted by atomic mass is 10.2. The molecule has 1 aliphatic heterocycles. The van der Waals surface area contributed by atoms with Crippen molar-refractivity contribution in [2.45, 2.75) is 24.2 Å². The lowest BCUT2D eigenvalue weighted by molar-refractivity contribution is 0.273. The monoisotopic (exact) mass is 284 g/mol. The Morgan fingerprint density at radius 1 is 1.21 bits per heavy atom. The molecule has 0 unspecified atom stereocenters. The fourth-order valence-electron chi connectivity index (χ4n) is 2.03. The van der Waals surface area contributed by atoms with Crippen LogP contribution in [0, 0.1) is 4.91 Å². The van der Waals surface area contributed by atoms with Crippen LogP contribution in [0.15, 0.2) is 28.3 Å². The molecule has 0 atom stereocenters. The summed E-state index contributed by atoms with van der Waals surface area (Å²) in [6.07, 6.45) is 3.37. The van der Waals surface area contributed by atoms with Crippen LogP contribution < -0.4 is 10.6 Å². The molecule has 0 aromatic heterocycles. The standard InChI is InChI=1S/C11H16N4O3S/c12-19(17,18)9-4-5-10(11(8-9)14-16)13-15-6-2-1-3-7-15/h4-5,8,13H,1-3,6-7H2,(H2,12,17,18). The van der Waals surface area contributed by atoms with E-state index in [1.165, 1.54) is 24.6 Å². The Hall–Kier alpha value is -1.51. The molecule has 8 heteroatoms. The molecule has 1 saturated heterocycles. The van der Waals surface area contributed by atoms with Crippen molar-refractivity contribution in [2.75, 3.05) is 18.5 Å². The number of sulfonamides is 1. The maximum Gasteiger partial charge on any atom is 0.238 e. The number of primary sulfonamides is 1. The summed E-state index contributed by atoms with van der Waals surface area (Å²) in [6.45, 7) is 1.77. The van der Waals surface area contributed by atoms with Gasteiger partial charge >= 0.3 is 0 Å². The number of hydrogen-bond donors (Lipinski definition) is 2. The van der Waals surface area contributed by atoms with Crippen LogP contribution in [-0.4, -0.2) is 26.5 Å². The maximum atomic E-state index is 11.2. The zero-order valence-corrected chi connectivity index (χ0v) is 11.2. The number of nitrogens with two attached hydrogens (primary N) is 1. The molecule has 0 bridgehead atoms. The third kappa shape index (κ3) is 3.49. The number of nitroso groups, excluding NO2 is 1. The summed E-state index contributed by atoms with van der Waals surface area (Å²) in [4.78, 5) is 10.7. The van der Waals surface area contributed by atoms with Crippen molar-refractivity contribution < 1.29 is 8.42 Å². The normalized spacial score (nSPS) is 17.1. The fraction of sp³-hybridized carbons (Fsp3) is 0.455. The number of hydrogen-bond acceptors (Lipinski definition) is 6. The molecule has 0 spiro atoms. The predicted molar refractivity (Wildman–Crippen MR) is 72.3 cm³/mol. The van der Waals surface area contributed by atoms with Gasteiger partial charge in [-0.1, -0.05) is 6.42 Å². The summed E-state index contributed by atoms with van der Waals surface area (Å²) in [5, 5.41) is 9.85. The molecule has 0 radical (unpaired) electrons. The minimum absolute atomic E-state index is 0.0390. The highest BCUT2D eigenvalue weighted by Gasteiger charge is 2.15. The van der Waals surface area contributed by atoms with E-state index in [2.05, 4.69) is 10.6 Å². The largest absolute Gasteiger partial charge is 0.317 e. The average Bonchev–Trinajstić information content (AvgIpc) is 2.39. The Labute approximate surface area is 111 Å². The topological polar surface area (TPSA) is 105 Å². The van der Waals surface area contributed by atoms with E-state index in [-0.39, 0.29) is 10.6 Å². The van der Waals surface area contributed by atoms with Gasteiger partial charge in [0.1, 0.15) is 5.69 Å². The minimum Gasteiger partial charge on any atom is -0.317 e. The van der Waals surface area contributed by atoms with Crippen LogP contribution in [0.25, 0.3) is 0 Å². The van der Waals surface area contributed by atoms with Crippen LogP contribution >= 0.6 is 0 Å². The molecule has 1 heterocycles. The molecule has 1 aromatic rings. The Balaban J connectivity index is 2.23. The quantitative estimate of drug-likeness (QED) is 0.816. The third-order valence-corrected chi connectivity index (χ3v) is 3.94. The van der Waals surface area contributed by atoms with Crippen molar-refractivity contribution in [2.24, 2.45) is 10.3 Å². The second-order valence-electron chi connectivity index (χ2n) is 4.47. The van der Waals surface area contributed by atoms with Crippen LogP contribution in [0.1, 0.15) is 19.3 Å². The molecule has 19 heavy (non-hydrogen) atoms. The predicted octanol–water partition coefficient (Wildman–Crippen LogP) is 1.54. The van der Waals surface area contributed by atoms with Gasteiger partial charge in [-0.05, 0) is 36.2 Å². The van der Waals surface area contributed by atoms with Gasteiger partial charge in [0.05, 0.1) is 10.6 Å². The van der Waals surface area contributed by atoms with E-state index >= 15 is 0 Å². The van der Waals surface area contributed by atoms with E-state index < -0.39 is 10.0 Å². The molecular weight excluding hydrogens is 268 g/mol. The van der Waals surface area contributed by atoms with Crippen molar-refractivity contribution >= 4 is 21.4 Å². The van der Waals surface area contributed by atoms with Gasteiger partial charge in [-0.2, -0.15) is 0 Å². The van der Waals surface area contributed by atoms with Gasteiger partial charge < -0.3 is 5.43 Å². The zero-order valence-electron chi connectivity index (χ0n) is 10.4. The van der Waals surface area contributed by atoms with Crippen LogP contribution in [0.4, 0.5) is 11.4 Å². The van der Waals surface area contributed by atoms with Gasteiger partial charge in [0.2, 0.25) is 10.0 Å². The highest BCUT2D eigenvalue weighted by Crippen LogP contribution is 2.28. The SMILES string of the molecule is NS(=O)(=O)c1ccc(NN2CCCCC2)c(N=O)c1. The summed E-state index contributed by atoms with van der Waals surface area (Å²) >= 11 is 0. The average molecular weight is 284 g/mol. The van der Waals surface area contributed by atoms with E-state index in [4.69, 9.17) is 5.14 Å². The van der Waals surface area contributed by atoms with E-state index in [1.54, 1.807) is 0 Å². The Bertz CT molecular complexity index is 567. The molecule has 104 valence electrons. The van der Waals surface area contributed by atoms with Crippen LogP contribution in [0.3, 0.4) is 0 Å². The second kappa shape index (κ2) is 5.64. The maximum absolute atomic E-state index is 11.2.